The van der Waals surface area contributed by atoms with Crippen LogP contribution in [-0.2, 0) is 28.2 Å². The second-order valence-electron chi connectivity index (χ2n) is 8.60. The first-order valence-corrected chi connectivity index (χ1v) is 12.9. The summed E-state index contributed by atoms with van der Waals surface area (Å²) in [6, 6.07) is 13.9. The van der Waals surface area contributed by atoms with Gasteiger partial charge < -0.3 is 4.74 Å². The molecule has 1 aliphatic rings. The van der Waals surface area contributed by atoms with Crippen LogP contribution in [0.3, 0.4) is 0 Å². The van der Waals surface area contributed by atoms with Gasteiger partial charge in [0, 0.05) is 42.9 Å². The normalized spacial score (nSPS) is 16.8. The molecule has 1 atom stereocenters. The van der Waals surface area contributed by atoms with Crippen LogP contribution in [-0.4, -0.2) is 40.8 Å². The zero-order valence-electron chi connectivity index (χ0n) is 18.7. The van der Waals surface area contributed by atoms with Crippen LogP contribution in [0.2, 0.25) is 0 Å². The summed E-state index contributed by atoms with van der Waals surface area (Å²) in [5.41, 5.74) is 5.68. The van der Waals surface area contributed by atoms with Gasteiger partial charge in [0.2, 0.25) is 10.0 Å². The summed E-state index contributed by atoms with van der Waals surface area (Å²) >= 11 is 0. The lowest BCUT2D eigenvalue weighted by atomic mass is 10.0. The third-order valence-corrected chi connectivity index (χ3v) is 6.48. The van der Waals surface area contributed by atoms with Gasteiger partial charge in [-0.3, -0.25) is 9.40 Å². The van der Waals surface area contributed by atoms with Gasteiger partial charge in [-0.05, 0) is 48.6 Å². The molecule has 0 spiro atoms. The van der Waals surface area contributed by atoms with Gasteiger partial charge in [0.25, 0.3) is 0 Å². The molecule has 0 aliphatic carbocycles. The number of nitrogens with one attached hydrogen (secondary N) is 1. The van der Waals surface area contributed by atoms with Crippen LogP contribution in [0.1, 0.15) is 36.7 Å². The van der Waals surface area contributed by atoms with Crippen LogP contribution in [0.4, 0.5) is 5.69 Å². The van der Waals surface area contributed by atoms with Crippen molar-refractivity contribution in [2.75, 3.05) is 17.6 Å². The average molecular weight is 466 g/mol. The first-order valence-electron chi connectivity index (χ1n) is 11.0. The topological polar surface area (TPSA) is 91.0 Å². The molecule has 0 saturated carbocycles. The van der Waals surface area contributed by atoms with Crippen molar-refractivity contribution in [3.8, 4) is 11.1 Å². The van der Waals surface area contributed by atoms with Crippen LogP contribution in [0.15, 0.2) is 54.9 Å². The van der Waals surface area contributed by atoms with E-state index in [1.165, 1.54) is 0 Å². The molecule has 4 aromatic rings. The van der Waals surface area contributed by atoms with Gasteiger partial charge in [-0.15, -0.1) is 0 Å². The smallest absolute Gasteiger partial charge is 0.229 e. The maximum absolute atomic E-state index is 11.8. The quantitative estimate of drug-likeness (QED) is 0.463. The standard InChI is InChI=1S/C24H27N5O3S/c1-28-16-19(15-25-28)18-8-6-17(7-9-18)13-22-21-14-20(27-33(2,30)31)10-11-23(21)29(26-22)24-5-3-4-12-32-24/h6-11,14-16,24,27H,3-5,12-13H2,1-2H3. The molecule has 2 aromatic carbocycles. The van der Waals surface area contributed by atoms with Gasteiger partial charge in [-0.2, -0.15) is 10.2 Å². The number of nitrogens with zero attached hydrogens (tertiary/aromatic N) is 4. The van der Waals surface area contributed by atoms with E-state index in [-0.39, 0.29) is 6.23 Å². The molecular weight excluding hydrogens is 438 g/mol. The Kier molecular flexibility index (Phi) is 5.67. The van der Waals surface area contributed by atoms with Crippen molar-refractivity contribution in [2.24, 2.45) is 7.05 Å². The highest BCUT2D eigenvalue weighted by molar-refractivity contribution is 7.92. The molecule has 1 fully saturated rings. The molecule has 3 heterocycles. The van der Waals surface area contributed by atoms with E-state index in [2.05, 4.69) is 34.1 Å². The molecule has 9 heteroatoms. The molecule has 1 N–H and O–H groups in total. The molecule has 8 nitrogen and oxygen atoms in total. The van der Waals surface area contributed by atoms with E-state index in [0.29, 0.717) is 12.1 Å². The van der Waals surface area contributed by atoms with E-state index in [1.807, 2.05) is 36.3 Å². The lowest BCUT2D eigenvalue weighted by Crippen LogP contribution is -2.19. The Bertz CT molecular complexity index is 1380. The number of hydrogen-bond donors (Lipinski definition) is 1. The van der Waals surface area contributed by atoms with Crippen molar-refractivity contribution in [2.45, 2.75) is 31.9 Å². The highest BCUT2D eigenvalue weighted by atomic mass is 32.2. The van der Waals surface area contributed by atoms with Crippen LogP contribution in [0.25, 0.3) is 22.0 Å². The minimum Gasteiger partial charge on any atom is -0.356 e. The van der Waals surface area contributed by atoms with E-state index in [9.17, 15) is 8.42 Å². The summed E-state index contributed by atoms with van der Waals surface area (Å²) in [6.07, 6.45) is 8.61. The fourth-order valence-electron chi connectivity index (χ4n) is 4.33. The van der Waals surface area contributed by atoms with E-state index < -0.39 is 10.0 Å². The van der Waals surface area contributed by atoms with Crippen molar-refractivity contribution in [1.29, 1.82) is 0 Å². The largest absolute Gasteiger partial charge is 0.356 e. The summed E-state index contributed by atoms with van der Waals surface area (Å²) in [5.74, 6) is 0. The second kappa shape index (κ2) is 8.64. The Labute approximate surface area is 193 Å². The molecule has 33 heavy (non-hydrogen) atoms. The van der Waals surface area contributed by atoms with Crippen LogP contribution >= 0.6 is 0 Å². The van der Waals surface area contributed by atoms with Gasteiger partial charge in [0.15, 0.2) is 6.23 Å². The van der Waals surface area contributed by atoms with Crippen molar-refractivity contribution in [3.05, 3.63) is 66.1 Å². The Morgan fingerprint density at radius 2 is 1.94 bits per heavy atom. The molecule has 1 aliphatic heterocycles. The van der Waals surface area contributed by atoms with Gasteiger partial charge >= 0.3 is 0 Å². The van der Waals surface area contributed by atoms with Crippen molar-refractivity contribution < 1.29 is 13.2 Å². The number of ether oxygens (including phenoxy) is 1. The summed E-state index contributed by atoms with van der Waals surface area (Å²) in [5, 5.41) is 10.1. The lowest BCUT2D eigenvalue weighted by Gasteiger charge is -2.23. The number of hydrogen-bond acceptors (Lipinski definition) is 5. The lowest BCUT2D eigenvalue weighted by molar-refractivity contribution is -0.0368. The summed E-state index contributed by atoms with van der Waals surface area (Å²) in [6.45, 7) is 0.727. The zero-order valence-corrected chi connectivity index (χ0v) is 19.5. The predicted octanol–water partition coefficient (Wildman–Crippen LogP) is 4.10. The van der Waals surface area contributed by atoms with Gasteiger partial charge in [0.05, 0.1) is 23.7 Å². The molecule has 2 aromatic heterocycles. The van der Waals surface area contributed by atoms with Gasteiger partial charge in [-0.1, -0.05) is 24.3 Å². The zero-order chi connectivity index (χ0) is 23.0. The first kappa shape index (κ1) is 21.7. The minimum absolute atomic E-state index is 0.100. The highest BCUT2D eigenvalue weighted by Crippen LogP contribution is 2.31. The first-order chi connectivity index (χ1) is 15.9. The number of aryl methyl sites for hydroxylation is 1. The number of fused-ring (bicyclic) bond motifs is 1. The van der Waals surface area contributed by atoms with E-state index >= 15 is 0 Å². The Morgan fingerprint density at radius 1 is 1.12 bits per heavy atom. The fourth-order valence-corrected chi connectivity index (χ4v) is 4.88. The third-order valence-electron chi connectivity index (χ3n) is 5.88. The number of rotatable bonds is 6. The van der Waals surface area contributed by atoms with E-state index in [1.54, 1.807) is 10.7 Å². The van der Waals surface area contributed by atoms with Crippen molar-refractivity contribution >= 4 is 26.6 Å². The van der Waals surface area contributed by atoms with Gasteiger partial charge in [-0.25, -0.2) is 13.1 Å². The highest BCUT2D eigenvalue weighted by Gasteiger charge is 2.21. The van der Waals surface area contributed by atoms with Crippen molar-refractivity contribution in [3.63, 3.8) is 0 Å². The molecule has 172 valence electrons. The Morgan fingerprint density at radius 3 is 2.61 bits per heavy atom. The monoisotopic (exact) mass is 465 g/mol. The molecule has 0 radical (unpaired) electrons. The van der Waals surface area contributed by atoms with E-state index in [4.69, 9.17) is 9.84 Å². The molecule has 1 unspecified atom stereocenters. The summed E-state index contributed by atoms with van der Waals surface area (Å²) in [7, 11) is -1.46. The molecule has 5 rings (SSSR count). The van der Waals surface area contributed by atoms with Crippen LogP contribution < -0.4 is 4.72 Å². The third kappa shape index (κ3) is 4.79. The van der Waals surface area contributed by atoms with Crippen molar-refractivity contribution in [1.82, 2.24) is 19.6 Å². The average Bonchev–Trinajstić information content (AvgIpc) is 3.38. The number of benzene rings is 2. The second-order valence-corrected chi connectivity index (χ2v) is 10.3. The van der Waals surface area contributed by atoms with Crippen LogP contribution in [0, 0.1) is 0 Å². The molecule has 0 bridgehead atoms. The Hall–Kier alpha value is -3.17. The number of anilines is 1. The SMILES string of the molecule is Cn1cc(-c2ccc(Cc3nn(C4CCCCO4)c4ccc(NS(C)(=O)=O)cc34)cc2)cn1. The van der Waals surface area contributed by atoms with Gasteiger partial charge in [0.1, 0.15) is 0 Å². The minimum atomic E-state index is -3.37. The number of sulfonamides is 1. The summed E-state index contributed by atoms with van der Waals surface area (Å²) < 4.78 is 35.8. The molecule has 0 amide bonds. The fraction of sp³-hybridized carbons (Fsp3) is 0.333. The molecule has 1 saturated heterocycles. The maximum atomic E-state index is 11.8. The predicted molar refractivity (Wildman–Crippen MR) is 128 cm³/mol. The van der Waals surface area contributed by atoms with E-state index in [0.717, 1.165) is 65.4 Å². The maximum Gasteiger partial charge on any atom is 0.229 e. The summed E-state index contributed by atoms with van der Waals surface area (Å²) in [4.78, 5) is 0. The number of aromatic nitrogens is 4. The molecular formula is C24H27N5O3S. The van der Waals surface area contributed by atoms with Crippen LogP contribution in [0.5, 0.6) is 0 Å². The Balaban J connectivity index is 1.50.